The summed E-state index contributed by atoms with van der Waals surface area (Å²) in [6.07, 6.45) is 2.00. The van der Waals surface area contributed by atoms with Crippen LogP contribution in [0.3, 0.4) is 0 Å². The second-order valence-corrected chi connectivity index (χ2v) is 6.80. The Morgan fingerprint density at radius 1 is 1.31 bits per heavy atom. The van der Waals surface area contributed by atoms with Gasteiger partial charge in [-0.3, -0.25) is 0 Å². The Kier molecular flexibility index (Phi) is 6.45. The van der Waals surface area contributed by atoms with Crippen molar-refractivity contribution in [2.45, 2.75) is 45.3 Å². The first-order valence-electron chi connectivity index (χ1n) is 8.51. The van der Waals surface area contributed by atoms with Crippen LogP contribution in [-0.4, -0.2) is 35.6 Å². The van der Waals surface area contributed by atoms with Crippen molar-refractivity contribution < 1.29 is 24.1 Å². The number of rotatable bonds is 8. The number of ether oxygens (including phenoxy) is 2. The van der Waals surface area contributed by atoms with E-state index in [1.54, 1.807) is 25.1 Å². The lowest BCUT2D eigenvalue weighted by molar-refractivity contribution is -0.0827. The van der Waals surface area contributed by atoms with E-state index in [2.05, 4.69) is 0 Å². The molecule has 0 fully saturated rings. The molecule has 142 valence electrons. The second-order valence-electron chi connectivity index (χ2n) is 6.80. The van der Waals surface area contributed by atoms with Gasteiger partial charge < -0.3 is 24.1 Å². The molecule has 1 aromatic heterocycles. The number of hydrogen-bond acceptors (Lipinski definition) is 6. The number of aliphatic hydroxyl groups is 2. The SMILES string of the molecule is COc1cc2ccc(=O)oc2cc1OC[C@@H](O)[C@](C)(O)CCC=C(C)C. The second kappa shape index (κ2) is 8.38. The lowest BCUT2D eigenvalue weighted by Gasteiger charge is -2.29. The highest BCUT2D eigenvalue weighted by atomic mass is 16.5. The van der Waals surface area contributed by atoms with Crippen LogP contribution in [0.5, 0.6) is 11.5 Å². The highest BCUT2D eigenvalue weighted by molar-refractivity contribution is 5.80. The van der Waals surface area contributed by atoms with E-state index in [-0.39, 0.29) is 6.61 Å². The molecule has 0 spiro atoms. The molecular formula is C20H26O6. The van der Waals surface area contributed by atoms with E-state index < -0.39 is 17.3 Å². The molecule has 2 N–H and O–H groups in total. The van der Waals surface area contributed by atoms with Gasteiger partial charge in [0, 0.05) is 17.5 Å². The number of allylic oxidation sites excluding steroid dienone is 2. The zero-order chi connectivity index (χ0) is 19.3. The Morgan fingerprint density at radius 2 is 2.04 bits per heavy atom. The first kappa shape index (κ1) is 20.0. The molecular weight excluding hydrogens is 336 g/mol. The van der Waals surface area contributed by atoms with E-state index in [0.29, 0.717) is 35.3 Å². The molecule has 6 heteroatoms. The minimum absolute atomic E-state index is 0.124. The third-order valence-corrected chi connectivity index (χ3v) is 4.22. The molecule has 0 saturated heterocycles. The molecule has 0 aliphatic heterocycles. The zero-order valence-corrected chi connectivity index (χ0v) is 15.6. The highest BCUT2D eigenvalue weighted by Crippen LogP contribution is 2.32. The quantitative estimate of drug-likeness (QED) is 0.554. The van der Waals surface area contributed by atoms with Gasteiger partial charge in [-0.05, 0) is 45.7 Å². The van der Waals surface area contributed by atoms with Gasteiger partial charge in [0.1, 0.15) is 18.3 Å². The van der Waals surface area contributed by atoms with Crippen molar-refractivity contribution in [3.8, 4) is 11.5 Å². The fourth-order valence-electron chi connectivity index (χ4n) is 2.52. The van der Waals surface area contributed by atoms with Gasteiger partial charge in [-0.15, -0.1) is 0 Å². The van der Waals surface area contributed by atoms with Crippen LogP contribution < -0.4 is 15.1 Å². The number of hydrogen-bond donors (Lipinski definition) is 2. The number of fused-ring (bicyclic) bond motifs is 1. The van der Waals surface area contributed by atoms with E-state index >= 15 is 0 Å². The molecule has 0 radical (unpaired) electrons. The van der Waals surface area contributed by atoms with Crippen LogP contribution in [-0.2, 0) is 0 Å². The summed E-state index contributed by atoms with van der Waals surface area (Å²) in [6, 6.07) is 6.19. The van der Waals surface area contributed by atoms with Crippen molar-refractivity contribution in [3.63, 3.8) is 0 Å². The molecule has 2 rings (SSSR count). The Bertz CT molecular complexity index is 830. The molecule has 0 amide bonds. The van der Waals surface area contributed by atoms with Crippen LogP contribution in [0.4, 0.5) is 0 Å². The first-order chi connectivity index (χ1) is 12.2. The molecule has 6 nitrogen and oxygen atoms in total. The Morgan fingerprint density at radius 3 is 2.69 bits per heavy atom. The third kappa shape index (κ3) is 5.09. The molecule has 0 saturated carbocycles. The highest BCUT2D eigenvalue weighted by Gasteiger charge is 2.30. The van der Waals surface area contributed by atoms with E-state index in [1.807, 2.05) is 19.9 Å². The summed E-state index contributed by atoms with van der Waals surface area (Å²) in [4.78, 5) is 11.4. The average Bonchev–Trinajstić information content (AvgIpc) is 2.58. The maximum absolute atomic E-state index is 11.4. The molecule has 26 heavy (non-hydrogen) atoms. The van der Waals surface area contributed by atoms with Crippen LogP contribution in [0.2, 0.25) is 0 Å². The molecule has 0 aliphatic carbocycles. The Hall–Kier alpha value is -2.31. The Labute approximate surface area is 152 Å². The summed E-state index contributed by atoms with van der Waals surface area (Å²) in [7, 11) is 1.50. The Balaban J connectivity index is 2.12. The molecule has 1 heterocycles. The first-order valence-corrected chi connectivity index (χ1v) is 8.51. The molecule has 0 unspecified atom stereocenters. The molecule has 1 aromatic carbocycles. The van der Waals surface area contributed by atoms with Crippen molar-refractivity contribution in [3.05, 3.63) is 46.3 Å². The molecule has 2 atom stereocenters. The van der Waals surface area contributed by atoms with Crippen molar-refractivity contribution in [2.75, 3.05) is 13.7 Å². The van der Waals surface area contributed by atoms with Gasteiger partial charge >= 0.3 is 5.63 Å². The fraction of sp³-hybridized carbons (Fsp3) is 0.450. The monoisotopic (exact) mass is 362 g/mol. The summed E-state index contributed by atoms with van der Waals surface area (Å²) < 4.78 is 16.1. The van der Waals surface area contributed by atoms with Crippen molar-refractivity contribution >= 4 is 11.0 Å². The van der Waals surface area contributed by atoms with E-state index in [4.69, 9.17) is 13.9 Å². The predicted molar refractivity (Wildman–Crippen MR) is 99.8 cm³/mol. The van der Waals surface area contributed by atoms with Gasteiger partial charge in [0.2, 0.25) is 0 Å². The molecule has 0 aliphatic rings. The predicted octanol–water partition coefficient (Wildman–Crippen LogP) is 3.04. The van der Waals surface area contributed by atoms with Crippen molar-refractivity contribution in [1.82, 2.24) is 0 Å². The standard InChI is InChI=1S/C20H26O6/c1-13(2)6-5-9-20(3,23)18(21)12-25-17-11-15-14(10-16(17)24-4)7-8-19(22)26-15/h6-8,10-11,18,21,23H,5,9,12H2,1-4H3/t18-,20-/m1/s1. The summed E-state index contributed by atoms with van der Waals surface area (Å²) in [5.74, 6) is 0.774. The number of benzene rings is 1. The largest absolute Gasteiger partial charge is 0.493 e. The summed E-state index contributed by atoms with van der Waals surface area (Å²) >= 11 is 0. The zero-order valence-electron chi connectivity index (χ0n) is 15.6. The van der Waals surface area contributed by atoms with E-state index in [0.717, 1.165) is 5.57 Å². The normalized spacial score (nSPS) is 14.5. The van der Waals surface area contributed by atoms with Gasteiger partial charge in [0.25, 0.3) is 0 Å². The lowest BCUT2D eigenvalue weighted by Crippen LogP contribution is -2.43. The summed E-state index contributed by atoms with van der Waals surface area (Å²) in [5, 5.41) is 21.5. The summed E-state index contributed by atoms with van der Waals surface area (Å²) in [6.45, 7) is 5.43. The van der Waals surface area contributed by atoms with Gasteiger partial charge in [-0.1, -0.05) is 11.6 Å². The van der Waals surface area contributed by atoms with Crippen molar-refractivity contribution in [2.24, 2.45) is 0 Å². The summed E-state index contributed by atoms with van der Waals surface area (Å²) in [5.41, 5.74) is -0.231. The van der Waals surface area contributed by atoms with Crippen molar-refractivity contribution in [1.29, 1.82) is 0 Å². The van der Waals surface area contributed by atoms with Crippen LogP contribution in [0.1, 0.15) is 33.6 Å². The topological polar surface area (TPSA) is 89.1 Å². The fourth-order valence-corrected chi connectivity index (χ4v) is 2.52. The lowest BCUT2D eigenvalue weighted by atomic mass is 9.93. The van der Waals surface area contributed by atoms with Gasteiger partial charge in [-0.25, -0.2) is 4.79 Å². The van der Waals surface area contributed by atoms with Crippen LogP contribution in [0.25, 0.3) is 11.0 Å². The maximum atomic E-state index is 11.4. The van der Waals surface area contributed by atoms with Crippen LogP contribution in [0, 0.1) is 0 Å². The van der Waals surface area contributed by atoms with Crippen LogP contribution >= 0.6 is 0 Å². The number of aliphatic hydroxyl groups excluding tert-OH is 1. The average molecular weight is 362 g/mol. The van der Waals surface area contributed by atoms with Crippen LogP contribution in [0.15, 0.2) is 45.1 Å². The minimum Gasteiger partial charge on any atom is -0.493 e. The van der Waals surface area contributed by atoms with Gasteiger partial charge in [0.05, 0.1) is 12.7 Å². The third-order valence-electron chi connectivity index (χ3n) is 4.22. The minimum atomic E-state index is -1.29. The molecule has 2 aromatic rings. The van der Waals surface area contributed by atoms with Gasteiger partial charge in [-0.2, -0.15) is 0 Å². The van der Waals surface area contributed by atoms with E-state index in [9.17, 15) is 15.0 Å². The smallest absolute Gasteiger partial charge is 0.336 e. The van der Waals surface area contributed by atoms with Gasteiger partial charge in [0.15, 0.2) is 11.5 Å². The molecule has 0 bridgehead atoms. The maximum Gasteiger partial charge on any atom is 0.336 e. The van der Waals surface area contributed by atoms with E-state index in [1.165, 1.54) is 13.2 Å². The number of methoxy groups -OCH3 is 1.